The zero-order valence-corrected chi connectivity index (χ0v) is 44.6. The monoisotopic (exact) mass is 1690 g/mol. The van der Waals surface area contributed by atoms with E-state index in [4.69, 9.17) is 0 Å². The average Bonchev–Trinajstić information content (AvgIpc) is 0.684. The van der Waals surface area contributed by atoms with Crippen LogP contribution < -0.4 is 16.0 Å². The van der Waals surface area contributed by atoms with Gasteiger partial charge in [-0.25, -0.2) is 0 Å². The van der Waals surface area contributed by atoms with Gasteiger partial charge < -0.3 is 16.0 Å². The summed E-state index contributed by atoms with van der Waals surface area (Å²) in [6, 6.07) is 0. The molecule has 0 aromatic carbocycles. The number of alkyl halides is 62. The SMILES string of the molecule is O=C(NCCNCCNC(=O)C(F)(F)C(F)(F)C(F)(F)C(F)(F)C(F)(F)C(F)(F)C(F)(F)C(F)(F)C(F)(F)C(F)(F)C(F)(F)C(F)(F)C(F)(F)C(F)(F)C(F)(F)F)C(F)(F)C(F)(F)C(F)(F)C(F)(F)C(F)(F)C(F)(F)C(F)(F)C(F)(F)C(F)(F)C(F)(F)C(F)(F)C(F)(F)C(F)(F)C(F)(F)C(F)(F)F. The molecule has 0 unspecified atom stereocenters. The third-order valence-electron chi connectivity index (χ3n) is 12.7. The fourth-order valence-corrected chi connectivity index (χ4v) is 6.25. The first-order valence-corrected chi connectivity index (χ1v) is 22.5. The minimum atomic E-state index is -10.5. The normalized spacial score (nSPS) is 16.9. The topological polar surface area (TPSA) is 70.2 Å². The van der Waals surface area contributed by atoms with Gasteiger partial charge in [0.15, 0.2) is 0 Å². The molecular formula is C36H11F62N3O2. The first-order chi connectivity index (χ1) is 43.5. The van der Waals surface area contributed by atoms with Crippen LogP contribution in [0.15, 0.2) is 0 Å². The molecule has 0 saturated heterocycles. The van der Waals surface area contributed by atoms with Gasteiger partial charge in [-0.15, -0.1) is 0 Å². The van der Waals surface area contributed by atoms with Crippen molar-refractivity contribution in [3.05, 3.63) is 0 Å². The molecule has 0 rings (SSSR count). The van der Waals surface area contributed by atoms with Crippen molar-refractivity contribution in [2.75, 3.05) is 26.2 Å². The van der Waals surface area contributed by atoms with Crippen molar-refractivity contribution >= 4 is 11.8 Å². The van der Waals surface area contributed by atoms with Gasteiger partial charge >= 0.3 is 178 Å². The molecule has 67 heteroatoms. The lowest BCUT2D eigenvalue weighted by molar-refractivity contribution is -0.488. The van der Waals surface area contributed by atoms with Crippen LogP contribution in [0.1, 0.15) is 0 Å². The Hall–Kier alpha value is -5.44. The number of nitrogens with one attached hydrogen (secondary N) is 3. The third-order valence-corrected chi connectivity index (χ3v) is 12.7. The van der Waals surface area contributed by atoms with Gasteiger partial charge in [-0.3, -0.25) is 9.59 Å². The molecule has 0 aliphatic heterocycles. The van der Waals surface area contributed by atoms with E-state index in [1.54, 1.807) is 0 Å². The van der Waals surface area contributed by atoms with Crippen LogP contribution >= 0.6 is 0 Å². The fraction of sp³-hybridized carbons (Fsp3) is 0.944. The standard InChI is InChI=1S/C36H11F62N3O2/c37-7(38,9(41,42)11(45,46)13(49,50)15(53,54)17(57,58)19(61,62)21(65,66)23(69,70)25(73,74)27(77,78)29(81,82)31(85,86)33(89,90)35(93,94)95)5(102)100-3-1-99-2-4-101-6(103)8(39,40)10(43,44)12(47,48)14(51,52)16(55,56)18(59,60)20(63,64)22(67,68)24(71,72)26(75,76)28(79,80)30(83,84)32(87,88)34(91,92)36(96,97)98/h99H,1-4H2,(H,100,102)(H,101,103). The molecule has 3 N–H and O–H groups in total. The Balaban J connectivity index is 6.95. The Morgan fingerprint density at radius 1 is 0.146 bits per heavy atom. The van der Waals surface area contributed by atoms with Gasteiger partial charge in [0, 0.05) is 26.2 Å². The molecule has 0 heterocycles. The van der Waals surface area contributed by atoms with E-state index in [1.807, 2.05) is 0 Å². The smallest absolute Gasteiger partial charge is 0.349 e. The molecule has 0 spiro atoms. The maximum atomic E-state index is 14.3. The number of carbonyl (C=O) groups is 2. The van der Waals surface area contributed by atoms with Gasteiger partial charge in [-0.05, 0) is 0 Å². The summed E-state index contributed by atoms with van der Waals surface area (Å²) in [5, 5.41) is 0.688. The Morgan fingerprint density at radius 3 is 0.350 bits per heavy atom. The van der Waals surface area contributed by atoms with Crippen LogP contribution in [0.5, 0.6) is 0 Å². The molecule has 2 amide bonds. The summed E-state index contributed by atoms with van der Waals surface area (Å²) >= 11 is 0. The molecule has 5 nitrogen and oxygen atoms in total. The molecule has 0 aliphatic carbocycles. The molecule has 0 aromatic heterocycles. The lowest BCUT2D eigenvalue weighted by Gasteiger charge is -2.46. The summed E-state index contributed by atoms with van der Waals surface area (Å²) in [6.07, 6.45) is -17.1. The highest BCUT2D eigenvalue weighted by atomic mass is 19.5. The first kappa shape index (κ1) is 97.6. The summed E-state index contributed by atoms with van der Waals surface area (Å²) in [5.41, 5.74) is 0. The number of rotatable bonds is 34. The highest BCUT2D eigenvalue weighted by Crippen LogP contribution is 2.73. The van der Waals surface area contributed by atoms with E-state index in [-0.39, 0.29) is 10.6 Å². The van der Waals surface area contributed by atoms with E-state index in [1.165, 1.54) is 0 Å². The molecule has 0 saturated carbocycles. The predicted octanol–water partition coefficient (Wildman–Crippen LogP) is 17.7. The zero-order valence-electron chi connectivity index (χ0n) is 44.6. The molecule has 0 fully saturated rings. The molecule has 0 radical (unpaired) electrons. The Morgan fingerprint density at radius 2 is 0.243 bits per heavy atom. The van der Waals surface area contributed by atoms with E-state index in [0.29, 0.717) is 0 Å². The summed E-state index contributed by atoms with van der Waals surface area (Å²) < 4.78 is 854. The third kappa shape index (κ3) is 12.0. The van der Waals surface area contributed by atoms with Crippen molar-refractivity contribution in [1.82, 2.24) is 16.0 Å². The minimum Gasteiger partial charge on any atom is -0.349 e. The maximum absolute atomic E-state index is 14.3. The number of halogens is 62. The molecule has 0 aromatic rings. The zero-order chi connectivity index (χ0) is 85.1. The van der Waals surface area contributed by atoms with Gasteiger partial charge in [0.25, 0.3) is 11.8 Å². The maximum Gasteiger partial charge on any atom is 0.460 e. The van der Waals surface area contributed by atoms with Gasteiger partial charge in [0.1, 0.15) is 0 Å². The first-order valence-electron chi connectivity index (χ1n) is 22.5. The van der Waals surface area contributed by atoms with Crippen LogP contribution in [0, 0.1) is 0 Å². The lowest BCUT2D eigenvalue weighted by Crippen LogP contribution is -2.79. The van der Waals surface area contributed by atoms with Crippen LogP contribution in [0.2, 0.25) is 0 Å². The van der Waals surface area contributed by atoms with Crippen LogP contribution in [0.25, 0.3) is 0 Å². The Labute approximate surface area is 515 Å². The number of hydrogen-bond acceptors (Lipinski definition) is 3. The van der Waals surface area contributed by atoms with Crippen LogP contribution in [0.4, 0.5) is 272 Å². The average molecular weight is 1700 g/mol. The van der Waals surface area contributed by atoms with Gasteiger partial charge in [0.05, 0.1) is 0 Å². The Bertz CT molecular complexity index is 2830. The van der Waals surface area contributed by atoms with Crippen LogP contribution in [-0.4, -0.2) is 216 Å². The van der Waals surface area contributed by atoms with Crippen molar-refractivity contribution in [3.8, 4) is 0 Å². The molecule has 103 heavy (non-hydrogen) atoms. The second-order valence-corrected chi connectivity index (χ2v) is 19.3. The van der Waals surface area contributed by atoms with Crippen molar-refractivity contribution in [2.45, 2.75) is 178 Å². The van der Waals surface area contributed by atoms with E-state index in [2.05, 4.69) is 0 Å². The highest BCUT2D eigenvalue weighted by Gasteiger charge is 3.04. The van der Waals surface area contributed by atoms with Crippen LogP contribution in [0.3, 0.4) is 0 Å². The van der Waals surface area contributed by atoms with E-state index >= 15 is 0 Å². The predicted molar refractivity (Wildman–Crippen MR) is 190 cm³/mol. The number of hydrogen-bond donors (Lipinski definition) is 3. The van der Waals surface area contributed by atoms with Crippen molar-refractivity contribution in [1.29, 1.82) is 0 Å². The quantitative estimate of drug-likeness (QED) is 0.0444. The molecular weight excluding hydrogens is 1680 g/mol. The summed E-state index contributed by atoms with van der Waals surface area (Å²) in [4.78, 5) is 23.1. The van der Waals surface area contributed by atoms with Crippen molar-refractivity contribution in [3.63, 3.8) is 0 Å². The van der Waals surface area contributed by atoms with E-state index in [0.717, 1.165) is 5.32 Å². The molecule has 0 bridgehead atoms. The number of amides is 2. The highest BCUT2D eigenvalue weighted by molar-refractivity contribution is 5.85. The molecule has 0 aliphatic rings. The van der Waals surface area contributed by atoms with Crippen molar-refractivity contribution < 1.29 is 282 Å². The largest absolute Gasteiger partial charge is 0.460 e. The molecule has 616 valence electrons. The van der Waals surface area contributed by atoms with Crippen molar-refractivity contribution in [2.24, 2.45) is 0 Å². The number of carbonyl (C=O) groups excluding carboxylic acids is 2. The minimum absolute atomic E-state index is 0.151. The van der Waals surface area contributed by atoms with E-state index < -0.39 is 216 Å². The van der Waals surface area contributed by atoms with Crippen LogP contribution in [-0.2, 0) is 9.59 Å². The van der Waals surface area contributed by atoms with E-state index in [9.17, 15) is 282 Å². The summed E-state index contributed by atoms with van der Waals surface area (Å²) in [7, 11) is 0. The summed E-state index contributed by atoms with van der Waals surface area (Å²) in [5.74, 6) is -287. The van der Waals surface area contributed by atoms with Gasteiger partial charge in [-0.2, -0.15) is 272 Å². The fourth-order valence-electron chi connectivity index (χ4n) is 6.25. The second kappa shape index (κ2) is 25.1. The second-order valence-electron chi connectivity index (χ2n) is 19.3. The lowest BCUT2D eigenvalue weighted by atomic mass is 9.83. The summed E-state index contributed by atoms with van der Waals surface area (Å²) in [6.45, 7) is -9.12. The van der Waals surface area contributed by atoms with Gasteiger partial charge in [-0.1, -0.05) is 0 Å². The molecule has 0 atom stereocenters. The Kier molecular flexibility index (Phi) is 23.7. The van der Waals surface area contributed by atoms with Gasteiger partial charge in [0.2, 0.25) is 0 Å².